The van der Waals surface area contributed by atoms with Crippen molar-refractivity contribution in [2.45, 2.75) is 66.8 Å². The number of amides is 2. The fourth-order valence-corrected chi connectivity index (χ4v) is 13.7. The molecular weight excluding hydrogens is 1700 g/mol. The summed E-state index contributed by atoms with van der Waals surface area (Å²) in [4.78, 5) is 114. The van der Waals surface area contributed by atoms with Crippen LogP contribution >= 0.6 is 45.8 Å². The predicted molar refractivity (Wildman–Crippen MR) is 388 cm³/mol. The van der Waals surface area contributed by atoms with Crippen molar-refractivity contribution in [1.82, 2.24) is 39.5 Å². The number of nitrogen functional groups attached to an aromatic ring is 1. The number of carboxylic acid groups (broad SMARTS) is 1. The van der Waals surface area contributed by atoms with Crippen LogP contribution in [0.3, 0.4) is 0 Å². The number of nitrogens with zero attached hydrogens (tertiary/aromatic N) is 8. The summed E-state index contributed by atoms with van der Waals surface area (Å²) in [6.07, 6.45) is -7.77. The Kier molecular flexibility index (Phi) is 30.7. The first-order valence-corrected chi connectivity index (χ1v) is 37.4. The van der Waals surface area contributed by atoms with Gasteiger partial charge in [0, 0.05) is 63.8 Å². The number of nitrogens with two attached hydrogens (primary N) is 1. The summed E-state index contributed by atoms with van der Waals surface area (Å²) >= 11 is 12.8. The van der Waals surface area contributed by atoms with Gasteiger partial charge in [-0.3, -0.25) is 43.5 Å². The maximum Gasteiger partial charge on any atom is 1.00 e. The molecule has 110 heavy (non-hydrogen) atoms. The molecule has 0 unspecified atom stereocenters. The Morgan fingerprint density at radius 2 is 1.15 bits per heavy atom. The van der Waals surface area contributed by atoms with Gasteiger partial charge in [-0.15, -0.1) is 0 Å². The molecule has 0 saturated heterocycles. The van der Waals surface area contributed by atoms with Gasteiger partial charge in [0.15, 0.2) is 48.7 Å². The molecule has 5 aromatic carbocycles. The molecule has 31 nitrogen and oxygen atoms in total. The standard InChI is InChI=1S/C18H17NO3.2C14H13F3N2O4S.C14H14IN5O6S.C6H4Cl2N2O2.Na/c1-2-21-17(20)16-13-18(22-19-16,14-9-5-3-6-10-14)15-11-7-4-8-12-15;2*1-7-11(13(21)19(2)18-7)12(20)9-5-4-8(14(15,16)17)6-10(9)24(3,22)23;1-7-16-12(19-14(17-7)26-3)18-13(22)20-27(23,24)10-6-8(15)4-5-9(10)11(21)25-2;7-3-1-2(9)4(8)5(10-3)6(11)12;/h3-12H,2,13H2,1H3;2*4-6,18H,1-3H3;4-6H,1-3H3,(H2,16,17,18,19,20,22);1H,(H2,9,10)(H,11,12);/q;;;;;+1/p-1. The molecule has 580 valence electrons. The van der Waals surface area contributed by atoms with Crippen molar-refractivity contribution in [2.75, 3.05) is 44.4 Å². The first-order chi connectivity index (χ1) is 50.6. The number of pyridine rings is 1. The van der Waals surface area contributed by atoms with Gasteiger partial charge in [-0.05, 0) is 111 Å². The predicted octanol–water partition coefficient (Wildman–Crippen LogP) is 7.17. The zero-order valence-corrected chi connectivity index (χ0v) is 67.2. The number of carboxylic acids is 1. The van der Waals surface area contributed by atoms with Crippen LogP contribution in [0.1, 0.15) is 105 Å². The Morgan fingerprint density at radius 1 is 0.682 bits per heavy atom. The number of hydrogen-bond donors (Lipinski definition) is 5. The van der Waals surface area contributed by atoms with E-state index in [1.165, 1.54) is 66.2 Å². The Balaban J connectivity index is 0.000000250. The number of aryl methyl sites for hydroxylation is 5. The second kappa shape index (κ2) is 37.2. The number of halogens is 9. The summed E-state index contributed by atoms with van der Waals surface area (Å²) < 4.78 is 169. The summed E-state index contributed by atoms with van der Waals surface area (Å²) in [5.41, 5.74) is 1.33. The molecule has 0 fully saturated rings. The number of esters is 2. The van der Waals surface area contributed by atoms with Crippen LogP contribution in [0.15, 0.2) is 151 Å². The molecule has 10 rings (SSSR count). The molecule has 0 atom stereocenters. The molecule has 5 heterocycles. The van der Waals surface area contributed by atoms with E-state index in [9.17, 15) is 90.0 Å². The Morgan fingerprint density at radius 3 is 1.55 bits per heavy atom. The fourth-order valence-electron chi connectivity index (χ4n) is 9.74. The number of hydrogen-bond acceptors (Lipinski definition) is 24. The van der Waals surface area contributed by atoms with E-state index in [0.717, 1.165) is 39.7 Å². The second-order valence-electron chi connectivity index (χ2n) is 22.5. The van der Waals surface area contributed by atoms with Crippen molar-refractivity contribution >= 4 is 128 Å². The van der Waals surface area contributed by atoms with E-state index in [-0.39, 0.29) is 97.0 Å². The van der Waals surface area contributed by atoms with E-state index >= 15 is 0 Å². The number of urea groups is 1. The van der Waals surface area contributed by atoms with E-state index in [1.54, 1.807) is 6.92 Å². The van der Waals surface area contributed by atoms with Gasteiger partial charge in [0.05, 0.1) is 69.3 Å². The first-order valence-electron chi connectivity index (χ1n) is 30.4. The fraction of sp³-hybridized carbons (Fsp3) is 0.227. The minimum Gasteiger partial charge on any atom is -0.476 e. The van der Waals surface area contributed by atoms with Gasteiger partial charge in [-0.25, -0.2) is 49.6 Å². The molecule has 1 aliphatic heterocycles. The number of ether oxygens (including phenoxy) is 3. The number of anilines is 2. The normalized spacial score (nSPS) is 12.3. The number of H-pyrrole nitrogens is 2. The monoisotopic (exact) mass is 1750 g/mol. The average molecular weight is 1760 g/mol. The number of methoxy groups -OCH3 is 2. The number of rotatable bonds is 16. The van der Waals surface area contributed by atoms with E-state index in [1.807, 2.05) is 83.3 Å². The van der Waals surface area contributed by atoms with Gasteiger partial charge >= 0.3 is 65.8 Å². The number of benzene rings is 5. The largest absolute Gasteiger partial charge is 1.00 e. The number of alkyl halides is 6. The van der Waals surface area contributed by atoms with Crippen LogP contribution < -0.4 is 56.5 Å². The number of carbonyl (C=O) groups is 6. The van der Waals surface area contributed by atoms with Crippen LogP contribution in [-0.2, 0) is 80.9 Å². The second-order valence-corrected chi connectivity index (χ2v) is 30.0. The van der Waals surface area contributed by atoms with Crippen molar-refractivity contribution in [3.8, 4) is 6.01 Å². The summed E-state index contributed by atoms with van der Waals surface area (Å²) in [6, 6.07) is 27.1. The number of aromatic amines is 2. The number of sulfonamides is 1. The molecule has 0 saturated carbocycles. The van der Waals surface area contributed by atoms with E-state index in [4.69, 9.17) is 48.4 Å². The number of carbonyl (C=O) groups excluding carboxylic acids is 5. The Bertz CT molecular complexity index is 5340. The molecule has 44 heteroatoms. The third-order valence-electron chi connectivity index (χ3n) is 14.7. The summed E-state index contributed by atoms with van der Waals surface area (Å²) in [5, 5.41) is 19.7. The minimum atomic E-state index is -4.76. The van der Waals surface area contributed by atoms with Gasteiger partial charge in [0.2, 0.25) is 21.6 Å². The van der Waals surface area contributed by atoms with Gasteiger partial charge in [-0.2, -0.15) is 36.3 Å². The van der Waals surface area contributed by atoms with E-state index in [0.29, 0.717) is 59.1 Å². The number of aromatic nitrogens is 8. The maximum atomic E-state index is 12.8. The molecule has 2 amide bonds. The van der Waals surface area contributed by atoms with Gasteiger partial charge < -0.3 is 39.9 Å². The third-order valence-corrected chi connectivity index (χ3v) is 19.5. The van der Waals surface area contributed by atoms with E-state index < -0.39 is 131 Å². The van der Waals surface area contributed by atoms with Gasteiger partial charge in [0.1, 0.15) is 22.1 Å². The maximum absolute atomic E-state index is 12.8. The first kappa shape index (κ1) is 90.7. The van der Waals surface area contributed by atoms with E-state index in [2.05, 4.69) is 50.1 Å². The van der Waals surface area contributed by atoms with Crippen LogP contribution in [0.4, 0.5) is 42.8 Å². The summed E-state index contributed by atoms with van der Waals surface area (Å²) in [6.45, 7) is 6.48. The minimum absolute atomic E-state index is 0. The van der Waals surface area contributed by atoms with Crippen molar-refractivity contribution in [2.24, 2.45) is 19.3 Å². The SMILES string of the molecule is CCOC(=O)C1=NOC(c2ccccc2)(c2ccccc2)C1.COC(=O)c1ccc(I)cc1S(=O)(=O)[N-]C(=O)Nc1nc(C)nc(OC)n1.Cc1[nH]n(C)c(=O)c1C(=O)c1ccc(C(F)(F)F)cc1S(C)(=O)=O.Cc1[nH]n(C)c(=O)c1C(=O)c1ccc(C(F)(F)F)cc1S(C)(=O)=O.Nc1cc(Cl)nc(C(=O)O)c1Cl.[Na+]. The molecular formula is C66H60Cl2F6IN12NaO19S3. The van der Waals surface area contributed by atoms with Crippen LogP contribution in [0.5, 0.6) is 6.01 Å². The molecule has 4 aromatic heterocycles. The van der Waals surface area contributed by atoms with Gasteiger partial charge in [-0.1, -0.05) is 89.0 Å². The zero-order valence-electron chi connectivity index (χ0n) is 59.0. The van der Waals surface area contributed by atoms with Crippen molar-refractivity contribution in [1.29, 1.82) is 0 Å². The van der Waals surface area contributed by atoms with Crippen molar-refractivity contribution < 1.29 is 134 Å². The summed E-state index contributed by atoms with van der Waals surface area (Å²) in [7, 11) is -7.62. The van der Waals surface area contributed by atoms with Crippen LogP contribution in [0.2, 0.25) is 10.2 Å². The molecule has 9 aromatic rings. The molecule has 0 radical (unpaired) electrons. The average Bonchev–Trinajstić information content (AvgIpc) is 1.60. The number of oxime groups is 1. The number of nitrogens with one attached hydrogen (secondary N) is 3. The molecule has 0 spiro atoms. The topological polar surface area (TPSA) is 454 Å². The zero-order chi connectivity index (χ0) is 81.8. The quantitative estimate of drug-likeness (QED) is 0.0160. The van der Waals surface area contributed by atoms with Gasteiger partial charge in [0.25, 0.3) is 11.1 Å². The Hall–Kier alpha value is -9.89. The summed E-state index contributed by atoms with van der Waals surface area (Å²) in [5.74, 6) is -4.46. The smallest absolute Gasteiger partial charge is 0.476 e. The third kappa shape index (κ3) is 22.6. The molecule has 1 aliphatic rings. The van der Waals surface area contributed by atoms with Crippen LogP contribution in [-0.4, -0.2) is 144 Å². The van der Waals surface area contributed by atoms with Crippen LogP contribution in [0, 0.1) is 24.3 Å². The number of aromatic carboxylic acids is 1. The number of sulfone groups is 2. The van der Waals surface area contributed by atoms with Crippen LogP contribution in [0.25, 0.3) is 4.72 Å². The molecule has 0 bridgehead atoms. The molecule has 0 aliphatic carbocycles. The molecule has 6 N–H and O–H groups in total. The Labute approximate surface area is 666 Å². The van der Waals surface area contributed by atoms with Crippen molar-refractivity contribution in [3.05, 3.63) is 233 Å². The number of ketones is 2. The van der Waals surface area contributed by atoms with Crippen molar-refractivity contribution in [3.63, 3.8) is 0 Å².